The van der Waals surface area contributed by atoms with Crippen LogP contribution in [0.15, 0.2) is 0 Å². The SMILES string of the molecule is CCC(=O)O[C@H]1CC[C@@]2(C)C(CC[C@H]3[C@@H]4CC[C@H]([C@H](C)CCCC(=O)OC)[C@@]4(C)CC[C@@H]32)C1. The number of carbonyl (C=O) groups is 2. The first kappa shape index (κ1) is 25.0. The topological polar surface area (TPSA) is 52.6 Å². The molecule has 0 aromatic heterocycles. The Morgan fingerprint density at radius 2 is 1.67 bits per heavy atom. The molecule has 4 nitrogen and oxygen atoms in total. The van der Waals surface area contributed by atoms with Gasteiger partial charge in [-0.3, -0.25) is 9.59 Å². The van der Waals surface area contributed by atoms with E-state index in [-0.39, 0.29) is 18.0 Å². The molecule has 0 saturated heterocycles. The van der Waals surface area contributed by atoms with E-state index >= 15 is 0 Å². The van der Waals surface area contributed by atoms with Gasteiger partial charge in [-0.1, -0.05) is 27.7 Å². The first-order valence-electron chi connectivity index (χ1n) is 14.0. The van der Waals surface area contributed by atoms with Gasteiger partial charge in [0.05, 0.1) is 7.11 Å². The zero-order chi connectivity index (χ0) is 23.8. The molecule has 0 amide bonds. The molecule has 0 aromatic carbocycles. The second-order valence-corrected chi connectivity index (χ2v) is 12.6. The van der Waals surface area contributed by atoms with Gasteiger partial charge in [0.15, 0.2) is 0 Å². The second kappa shape index (κ2) is 9.90. The molecule has 33 heavy (non-hydrogen) atoms. The van der Waals surface area contributed by atoms with E-state index in [1.807, 2.05) is 6.92 Å². The number of rotatable bonds is 7. The summed E-state index contributed by atoms with van der Waals surface area (Å²) >= 11 is 0. The molecular weight excluding hydrogens is 412 g/mol. The molecular formula is C29H48O4. The minimum Gasteiger partial charge on any atom is -0.469 e. The molecule has 9 atom stereocenters. The summed E-state index contributed by atoms with van der Waals surface area (Å²) in [7, 11) is 1.49. The van der Waals surface area contributed by atoms with Crippen LogP contribution >= 0.6 is 0 Å². The molecule has 0 spiro atoms. The van der Waals surface area contributed by atoms with Gasteiger partial charge in [-0.25, -0.2) is 0 Å². The monoisotopic (exact) mass is 460 g/mol. The summed E-state index contributed by atoms with van der Waals surface area (Å²) in [6.45, 7) is 9.56. The summed E-state index contributed by atoms with van der Waals surface area (Å²) < 4.78 is 10.6. The zero-order valence-electron chi connectivity index (χ0n) is 21.9. The molecule has 0 N–H and O–H groups in total. The van der Waals surface area contributed by atoms with E-state index in [0.29, 0.717) is 29.6 Å². The van der Waals surface area contributed by atoms with Crippen molar-refractivity contribution in [2.75, 3.05) is 7.11 Å². The number of esters is 2. The molecule has 0 aliphatic heterocycles. The maximum atomic E-state index is 11.9. The predicted octanol–water partition coefficient (Wildman–Crippen LogP) is 6.95. The molecule has 4 saturated carbocycles. The molecule has 0 radical (unpaired) electrons. The lowest BCUT2D eigenvalue weighted by atomic mass is 9.44. The van der Waals surface area contributed by atoms with Crippen molar-refractivity contribution >= 4 is 11.9 Å². The summed E-state index contributed by atoms with van der Waals surface area (Å²) in [5.74, 6) is 4.73. The Bertz CT molecular complexity index is 718. The van der Waals surface area contributed by atoms with Crippen LogP contribution < -0.4 is 0 Å². The summed E-state index contributed by atoms with van der Waals surface area (Å²) in [6, 6.07) is 0. The van der Waals surface area contributed by atoms with Crippen LogP contribution in [0.4, 0.5) is 0 Å². The van der Waals surface area contributed by atoms with E-state index in [2.05, 4.69) is 20.8 Å². The van der Waals surface area contributed by atoms with Crippen LogP contribution in [0.1, 0.15) is 111 Å². The normalized spacial score (nSPS) is 43.1. The highest BCUT2D eigenvalue weighted by atomic mass is 16.5. The maximum Gasteiger partial charge on any atom is 0.305 e. The van der Waals surface area contributed by atoms with E-state index in [4.69, 9.17) is 9.47 Å². The number of fused-ring (bicyclic) bond motifs is 5. The van der Waals surface area contributed by atoms with Crippen LogP contribution in [0.3, 0.4) is 0 Å². The third-order valence-corrected chi connectivity index (χ3v) is 11.2. The van der Waals surface area contributed by atoms with Gasteiger partial charge >= 0.3 is 11.9 Å². The smallest absolute Gasteiger partial charge is 0.305 e. The Morgan fingerprint density at radius 3 is 2.39 bits per heavy atom. The summed E-state index contributed by atoms with van der Waals surface area (Å²) in [4.78, 5) is 23.4. The fourth-order valence-corrected chi connectivity index (χ4v) is 9.44. The minimum absolute atomic E-state index is 0.0246. The van der Waals surface area contributed by atoms with E-state index in [1.165, 1.54) is 52.1 Å². The Balaban J connectivity index is 1.40. The molecule has 0 bridgehead atoms. The van der Waals surface area contributed by atoms with Crippen molar-refractivity contribution in [2.45, 2.75) is 117 Å². The van der Waals surface area contributed by atoms with Crippen LogP contribution in [0.2, 0.25) is 0 Å². The fourth-order valence-electron chi connectivity index (χ4n) is 9.44. The molecule has 4 fully saturated rings. The van der Waals surface area contributed by atoms with Gasteiger partial charge in [-0.05, 0) is 117 Å². The summed E-state index contributed by atoms with van der Waals surface area (Å²) in [5, 5.41) is 0. The van der Waals surface area contributed by atoms with Crippen LogP contribution in [0, 0.1) is 46.3 Å². The maximum absolute atomic E-state index is 11.9. The van der Waals surface area contributed by atoms with Crippen molar-refractivity contribution in [3.8, 4) is 0 Å². The van der Waals surface area contributed by atoms with Crippen molar-refractivity contribution in [3.63, 3.8) is 0 Å². The zero-order valence-corrected chi connectivity index (χ0v) is 21.9. The molecule has 4 aliphatic rings. The predicted molar refractivity (Wildman–Crippen MR) is 130 cm³/mol. The largest absolute Gasteiger partial charge is 0.469 e. The Hall–Kier alpha value is -1.06. The van der Waals surface area contributed by atoms with Crippen molar-refractivity contribution in [3.05, 3.63) is 0 Å². The first-order chi connectivity index (χ1) is 15.7. The lowest BCUT2D eigenvalue weighted by Gasteiger charge is -2.61. The van der Waals surface area contributed by atoms with Crippen molar-refractivity contribution < 1.29 is 19.1 Å². The van der Waals surface area contributed by atoms with Gasteiger partial charge in [-0.2, -0.15) is 0 Å². The van der Waals surface area contributed by atoms with E-state index in [1.54, 1.807) is 0 Å². The molecule has 4 aliphatic carbocycles. The number of carbonyl (C=O) groups excluding carboxylic acids is 2. The lowest BCUT2D eigenvalue weighted by Crippen LogP contribution is -2.54. The highest BCUT2D eigenvalue weighted by Crippen LogP contribution is 2.68. The third-order valence-electron chi connectivity index (χ3n) is 11.2. The Morgan fingerprint density at radius 1 is 0.939 bits per heavy atom. The fraction of sp³-hybridized carbons (Fsp3) is 0.931. The van der Waals surface area contributed by atoms with Gasteiger partial charge in [-0.15, -0.1) is 0 Å². The molecule has 4 heteroatoms. The average molecular weight is 461 g/mol. The standard InChI is InChI=1S/C29H48O4/c1-6-26(30)33-21-14-16-28(3)20(18-21)10-11-22-24-13-12-23(29(24,4)17-15-25(22)28)19(2)8-7-9-27(31)32-5/h19-25H,6-18H2,1-5H3/t19-,20?,21+,22+,23-,24+,25+,28+,29-/m1/s1. The average Bonchev–Trinajstić information content (AvgIpc) is 3.16. The van der Waals surface area contributed by atoms with Crippen LogP contribution in [0.25, 0.3) is 0 Å². The van der Waals surface area contributed by atoms with Crippen LogP contribution in [-0.4, -0.2) is 25.2 Å². The molecule has 0 aromatic rings. The van der Waals surface area contributed by atoms with Gasteiger partial charge in [0.25, 0.3) is 0 Å². The molecule has 4 rings (SSSR count). The summed E-state index contributed by atoms with van der Waals surface area (Å²) in [5.41, 5.74) is 0.909. The minimum atomic E-state index is -0.0672. The van der Waals surface area contributed by atoms with Crippen LogP contribution in [-0.2, 0) is 19.1 Å². The van der Waals surface area contributed by atoms with Gasteiger partial charge in [0, 0.05) is 12.8 Å². The number of methoxy groups -OCH3 is 1. The highest BCUT2D eigenvalue weighted by Gasteiger charge is 2.60. The first-order valence-corrected chi connectivity index (χ1v) is 14.0. The number of ether oxygens (including phenoxy) is 2. The number of hydrogen-bond donors (Lipinski definition) is 0. The van der Waals surface area contributed by atoms with E-state index in [9.17, 15) is 9.59 Å². The molecule has 188 valence electrons. The quantitative estimate of drug-likeness (QED) is 0.386. The summed E-state index contributed by atoms with van der Waals surface area (Å²) in [6.07, 6.45) is 14.9. The van der Waals surface area contributed by atoms with Crippen molar-refractivity contribution in [1.29, 1.82) is 0 Å². The van der Waals surface area contributed by atoms with Crippen LogP contribution in [0.5, 0.6) is 0 Å². The molecule has 1 unspecified atom stereocenters. The van der Waals surface area contributed by atoms with Crippen molar-refractivity contribution in [1.82, 2.24) is 0 Å². The van der Waals surface area contributed by atoms with E-state index in [0.717, 1.165) is 55.3 Å². The second-order valence-electron chi connectivity index (χ2n) is 12.6. The molecule has 0 heterocycles. The van der Waals surface area contributed by atoms with Gasteiger partial charge in [0.1, 0.15) is 6.10 Å². The third kappa shape index (κ3) is 4.61. The number of hydrogen-bond acceptors (Lipinski definition) is 4. The highest BCUT2D eigenvalue weighted by molar-refractivity contribution is 5.69. The lowest BCUT2D eigenvalue weighted by molar-refractivity contribution is -0.162. The van der Waals surface area contributed by atoms with Gasteiger partial charge in [0.2, 0.25) is 0 Å². The van der Waals surface area contributed by atoms with Gasteiger partial charge < -0.3 is 9.47 Å². The van der Waals surface area contributed by atoms with E-state index < -0.39 is 0 Å². The van der Waals surface area contributed by atoms with Crippen molar-refractivity contribution in [2.24, 2.45) is 46.3 Å². The Labute approximate surface area is 201 Å². The Kier molecular flexibility index (Phi) is 7.51.